The van der Waals surface area contributed by atoms with Crippen molar-refractivity contribution in [3.8, 4) is 17.2 Å². The maximum Gasteiger partial charge on any atom is 0.165 e. The molecule has 1 heterocycles. The van der Waals surface area contributed by atoms with E-state index in [9.17, 15) is 4.39 Å². The van der Waals surface area contributed by atoms with Crippen molar-refractivity contribution >= 4 is 17.2 Å². The Morgan fingerprint density at radius 3 is 2.37 bits per heavy atom. The van der Waals surface area contributed by atoms with E-state index in [-0.39, 0.29) is 5.75 Å². The second kappa shape index (κ2) is 7.95. The fourth-order valence-electron chi connectivity index (χ4n) is 2.58. The molecule has 0 bridgehead atoms. The highest BCUT2D eigenvalue weighted by molar-refractivity contribution is 5.61. The minimum atomic E-state index is -0.397. The van der Waals surface area contributed by atoms with Gasteiger partial charge in [-0.2, -0.15) is 0 Å². The van der Waals surface area contributed by atoms with Crippen LogP contribution < -0.4 is 19.3 Å². The van der Waals surface area contributed by atoms with Gasteiger partial charge in [-0.05, 0) is 36.4 Å². The van der Waals surface area contributed by atoms with Gasteiger partial charge in [0.1, 0.15) is 17.3 Å². The van der Waals surface area contributed by atoms with E-state index in [0.29, 0.717) is 11.6 Å². The molecule has 6 heteroatoms. The Balaban J connectivity index is 1.76. The summed E-state index contributed by atoms with van der Waals surface area (Å²) in [7, 11) is 7.26. The Kier molecular flexibility index (Phi) is 5.45. The number of aromatic nitrogens is 1. The second-order valence-corrected chi connectivity index (χ2v) is 6.22. The Morgan fingerprint density at radius 1 is 0.889 bits per heavy atom. The van der Waals surface area contributed by atoms with Crippen LogP contribution in [-0.2, 0) is 0 Å². The zero-order valence-corrected chi connectivity index (χ0v) is 15.8. The molecule has 0 atom stereocenters. The first-order valence-electron chi connectivity index (χ1n) is 8.46. The number of pyridine rings is 1. The maximum absolute atomic E-state index is 13.6. The van der Waals surface area contributed by atoms with Crippen molar-refractivity contribution in [2.45, 2.75) is 0 Å². The third-order valence-corrected chi connectivity index (χ3v) is 4.16. The van der Waals surface area contributed by atoms with Crippen LogP contribution in [0, 0.1) is 5.82 Å². The summed E-state index contributed by atoms with van der Waals surface area (Å²) in [6.07, 6.45) is 1.66. The van der Waals surface area contributed by atoms with Crippen molar-refractivity contribution in [3.63, 3.8) is 0 Å². The number of methoxy groups -OCH3 is 1. The fraction of sp³-hybridized carbons (Fsp3) is 0.190. The Morgan fingerprint density at radius 2 is 1.70 bits per heavy atom. The summed E-state index contributed by atoms with van der Waals surface area (Å²) in [5, 5.41) is 0. The van der Waals surface area contributed by atoms with Gasteiger partial charge in [0.15, 0.2) is 11.6 Å². The van der Waals surface area contributed by atoms with E-state index >= 15 is 0 Å². The van der Waals surface area contributed by atoms with Gasteiger partial charge in [-0.1, -0.05) is 6.07 Å². The lowest BCUT2D eigenvalue weighted by Crippen LogP contribution is -2.11. The van der Waals surface area contributed by atoms with Crippen molar-refractivity contribution in [1.29, 1.82) is 0 Å². The number of rotatable bonds is 6. The number of nitrogens with zero attached hydrogens (tertiary/aromatic N) is 3. The molecule has 140 valence electrons. The lowest BCUT2D eigenvalue weighted by Gasteiger charge is -2.19. The predicted molar refractivity (Wildman–Crippen MR) is 106 cm³/mol. The van der Waals surface area contributed by atoms with E-state index in [1.807, 2.05) is 67.3 Å². The normalized spacial score (nSPS) is 10.4. The summed E-state index contributed by atoms with van der Waals surface area (Å²) in [4.78, 5) is 8.30. The van der Waals surface area contributed by atoms with Crippen molar-refractivity contribution in [1.82, 2.24) is 4.98 Å². The molecule has 27 heavy (non-hydrogen) atoms. The van der Waals surface area contributed by atoms with Gasteiger partial charge in [-0.15, -0.1) is 0 Å². The van der Waals surface area contributed by atoms with Crippen LogP contribution in [0.3, 0.4) is 0 Å². The summed E-state index contributed by atoms with van der Waals surface area (Å²) in [6, 6.07) is 16.2. The van der Waals surface area contributed by atoms with Crippen LogP contribution >= 0.6 is 0 Å². The third kappa shape index (κ3) is 4.28. The van der Waals surface area contributed by atoms with E-state index < -0.39 is 5.82 Å². The molecule has 0 aliphatic rings. The lowest BCUT2D eigenvalue weighted by atomic mass is 10.2. The van der Waals surface area contributed by atoms with Crippen LogP contribution in [0.2, 0.25) is 0 Å². The van der Waals surface area contributed by atoms with Gasteiger partial charge in [0.05, 0.1) is 13.3 Å². The zero-order chi connectivity index (χ0) is 19.4. The molecular weight excluding hydrogens is 345 g/mol. The van der Waals surface area contributed by atoms with Gasteiger partial charge in [-0.3, -0.25) is 0 Å². The number of hydrogen-bond acceptors (Lipinski definition) is 5. The van der Waals surface area contributed by atoms with Crippen molar-refractivity contribution < 1.29 is 13.9 Å². The minimum Gasteiger partial charge on any atom is -0.494 e. The maximum atomic E-state index is 13.6. The summed E-state index contributed by atoms with van der Waals surface area (Å²) in [6.45, 7) is 0. The molecule has 0 unspecified atom stereocenters. The highest BCUT2D eigenvalue weighted by Gasteiger charge is 2.10. The summed E-state index contributed by atoms with van der Waals surface area (Å²) < 4.78 is 24.5. The zero-order valence-electron chi connectivity index (χ0n) is 15.8. The monoisotopic (exact) mass is 367 g/mol. The summed E-state index contributed by atoms with van der Waals surface area (Å²) >= 11 is 0. The molecule has 0 radical (unpaired) electrons. The molecule has 0 N–H and O–H groups in total. The molecule has 0 fully saturated rings. The van der Waals surface area contributed by atoms with Gasteiger partial charge in [0.2, 0.25) is 0 Å². The molecular formula is C21H22FN3O2. The molecule has 2 aromatic carbocycles. The summed E-state index contributed by atoms with van der Waals surface area (Å²) in [5.74, 6) is 1.89. The molecule has 3 rings (SSSR count). The van der Waals surface area contributed by atoms with E-state index in [1.165, 1.54) is 13.2 Å². The molecule has 0 saturated heterocycles. The van der Waals surface area contributed by atoms with E-state index in [2.05, 4.69) is 4.98 Å². The molecule has 0 spiro atoms. The van der Waals surface area contributed by atoms with E-state index in [0.717, 1.165) is 17.1 Å². The Bertz CT molecular complexity index is 914. The average Bonchev–Trinajstić information content (AvgIpc) is 2.68. The number of anilines is 3. The standard InChI is InChI=1S/C21H22FN3O2/c1-24(2)15-6-5-7-17(12-15)27-18-9-11-21(23-14-18)25(3)16-8-10-19(22)20(13-16)26-4/h5-14H,1-4H3. The molecule has 0 amide bonds. The summed E-state index contributed by atoms with van der Waals surface area (Å²) in [5.41, 5.74) is 1.83. The van der Waals surface area contributed by atoms with Gasteiger partial charge >= 0.3 is 0 Å². The van der Waals surface area contributed by atoms with Gasteiger partial charge in [0, 0.05) is 44.7 Å². The van der Waals surface area contributed by atoms with Gasteiger partial charge in [0.25, 0.3) is 0 Å². The molecule has 0 aliphatic heterocycles. The van der Waals surface area contributed by atoms with Crippen LogP contribution in [0.1, 0.15) is 0 Å². The van der Waals surface area contributed by atoms with Gasteiger partial charge < -0.3 is 19.3 Å². The van der Waals surface area contributed by atoms with Crippen LogP contribution in [0.25, 0.3) is 0 Å². The topological polar surface area (TPSA) is 37.8 Å². The molecule has 3 aromatic rings. The fourth-order valence-corrected chi connectivity index (χ4v) is 2.58. The SMILES string of the molecule is COc1cc(N(C)c2ccc(Oc3cccc(N(C)C)c3)cn2)ccc1F. The van der Waals surface area contributed by atoms with Crippen molar-refractivity contribution in [2.75, 3.05) is 38.1 Å². The lowest BCUT2D eigenvalue weighted by molar-refractivity contribution is 0.386. The smallest absolute Gasteiger partial charge is 0.165 e. The molecule has 5 nitrogen and oxygen atoms in total. The number of halogens is 1. The Labute approximate surface area is 158 Å². The largest absolute Gasteiger partial charge is 0.494 e. The second-order valence-electron chi connectivity index (χ2n) is 6.22. The first-order valence-corrected chi connectivity index (χ1v) is 8.46. The number of benzene rings is 2. The quantitative estimate of drug-likeness (QED) is 0.622. The highest BCUT2D eigenvalue weighted by Crippen LogP contribution is 2.30. The first-order chi connectivity index (χ1) is 13.0. The minimum absolute atomic E-state index is 0.195. The predicted octanol–water partition coefficient (Wildman–Crippen LogP) is 4.86. The van der Waals surface area contributed by atoms with Crippen molar-refractivity contribution in [2.24, 2.45) is 0 Å². The van der Waals surface area contributed by atoms with E-state index in [1.54, 1.807) is 18.3 Å². The van der Waals surface area contributed by atoms with Crippen LogP contribution in [0.4, 0.5) is 21.6 Å². The van der Waals surface area contributed by atoms with Crippen molar-refractivity contribution in [3.05, 3.63) is 66.6 Å². The molecule has 1 aromatic heterocycles. The number of hydrogen-bond donors (Lipinski definition) is 0. The number of ether oxygens (including phenoxy) is 2. The van der Waals surface area contributed by atoms with Gasteiger partial charge in [-0.25, -0.2) is 9.37 Å². The average molecular weight is 367 g/mol. The molecule has 0 saturated carbocycles. The highest BCUT2D eigenvalue weighted by atomic mass is 19.1. The molecule has 0 aliphatic carbocycles. The van der Waals surface area contributed by atoms with Crippen LogP contribution in [0.5, 0.6) is 17.2 Å². The van der Waals surface area contributed by atoms with Crippen LogP contribution in [-0.4, -0.2) is 33.2 Å². The third-order valence-electron chi connectivity index (χ3n) is 4.16. The van der Waals surface area contributed by atoms with E-state index in [4.69, 9.17) is 9.47 Å². The van der Waals surface area contributed by atoms with Crippen LogP contribution in [0.15, 0.2) is 60.8 Å². The Hall–Kier alpha value is -3.28. The first kappa shape index (κ1) is 18.5.